The fourth-order valence-corrected chi connectivity index (χ4v) is 10.8. The van der Waals surface area contributed by atoms with Crippen LogP contribution in [0.25, 0.3) is 0 Å². The standard InChI is InChI=1S/C60H123N.Zn/c1-7-13-19-25-28-31-34-37-40-43-49-55-58(52-46-22-16-10-4)61(59(53-47-23-17-11-5)56-50-44-41-38-35-32-29-26-20-14-8-2)60(54-48-24-18-12-6)57-51-45-42-39-36-33-30-27-21-15-9-3;/h58-60H,7-57H2,1-6H3;/q;+2. The first-order valence-electron chi connectivity index (χ1n) is 30.0. The van der Waals surface area contributed by atoms with Crippen LogP contribution in [0.15, 0.2) is 0 Å². The quantitative estimate of drug-likeness (QED) is 0.0434. The van der Waals surface area contributed by atoms with Crippen LogP contribution in [0.4, 0.5) is 0 Å². The van der Waals surface area contributed by atoms with Crippen molar-refractivity contribution in [3.8, 4) is 0 Å². The summed E-state index contributed by atoms with van der Waals surface area (Å²) < 4.78 is 0. The van der Waals surface area contributed by atoms with Gasteiger partial charge in [0.05, 0.1) is 0 Å². The smallest absolute Gasteiger partial charge is 0.294 e. The minimum Gasteiger partial charge on any atom is -0.294 e. The van der Waals surface area contributed by atoms with Crippen LogP contribution in [0, 0.1) is 0 Å². The first-order valence-corrected chi connectivity index (χ1v) is 30.0. The van der Waals surface area contributed by atoms with Gasteiger partial charge in [-0.2, -0.15) is 0 Å². The van der Waals surface area contributed by atoms with Gasteiger partial charge in [0.1, 0.15) is 0 Å². The molecule has 0 amide bonds. The van der Waals surface area contributed by atoms with Gasteiger partial charge in [-0.1, -0.05) is 330 Å². The monoisotopic (exact) mass is 922 g/mol. The Kier molecular flexibility index (Phi) is 58.3. The van der Waals surface area contributed by atoms with Gasteiger partial charge in [-0.3, -0.25) is 4.90 Å². The number of rotatable bonds is 54. The van der Waals surface area contributed by atoms with Gasteiger partial charge in [-0.25, -0.2) is 0 Å². The summed E-state index contributed by atoms with van der Waals surface area (Å²) in [5.74, 6) is 0. The van der Waals surface area contributed by atoms with Crippen molar-refractivity contribution in [2.75, 3.05) is 0 Å². The average Bonchev–Trinajstić information content (AvgIpc) is 3.27. The van der Waals surface area contributed by atoms with E-state index in [2.05, 4.69) is 46.4 Å². The van der Waals surface area contributed by atoms with E-state index in [9.17, 15) is 0 Å². The van der Waals surface area contributed by atoms with Crippen molar-refractivity contribution >= 4 is 0 Å². The summed E-state index contributed by atoms with van der Waals surface area (Å²) in [7, 11) is 0. The minimum atomic E-state index is 0. The number of nitrogens with zero attached hydrogens (tertiary/aromatic N) is 1. The zero-order valence-electron chi connectivity index (χ0n) is 44.9. The SMILES string of the molecule is CCCCCCCCCCCCCC(CCCCCC)N(C(CCCCCC)CCCCCCCCCCCCC)C(CCCCCC)CCCCCCCCCCCCC.[Zn+2]. The van der Waals surface area contributed by atoms with Crippen LogP contribution in [-0.4, -0.2) is 23.0 Å². The molecular weight excluding hydrogens is 800 g/mol. The second kappa shape index (κ2) is 55.9. The number of hydrogen-bond donors (Lipinski definition) is 0. The minimum absolute atomic E-state index is 0. The summed E-state index contributed by atoms with van der Waals surface area (Å²) in [5, 5.41) is 0. The van der Waals surface area contributed by atoms with Gasteiger partial charge >= 0.3 is 19.5 Å². The first-order chi connectivity index (χ1) is 30.2. The second-order valence-corrected chi connectivity index (χ2v) is 20.9. The molecule has 1 nitrogen and oxygen atoms in total. The Balaban J connectivity index is 0. The topological polar surface area (TPSA) is 3.24 Å². The normalized spacial score (nSPS) is 13.2. The fourth-order valence-electron chi connectivity index (χ4n) is 10.8. The van der Waals surface area contributed by atoms with Crippen molar-refractivity contribution in [1.82, 2.24) is 4.90 Å². The third-order valence-electron chi connectivity index (χ3n) is 14.9. The molecule has 0 aliphatic rings. The van der Waals surface area contributed by atoms with Crippen molar-refractivity contribution < 1.29 is 19.5 Å². The van der Waals surface area contributed by atoms with Gasteiger partial charge in [0.2, 0.25) is 0 Å². The molecule has 3 atom stereocenters. The molecule has 0 aliphatic heterocycles. The zero-order valence-corrected chi connectivity index (χ0v) is 47.9. The van der Waals surface area contributed by atoms with Gasteiger partial charge in [0.15, 0.2) is 0 Å². The summed E-state index contributed by atoms with van der Waals surface area (Å²) in [4.78, 5) is 3.38. The molecule has 0 saturated heterocycles. The van der Waals surface area contributed by atoms with E-state index in [1.165, 1.54) is 327 Å². The Hall–Kier alpha value is 0.583. The largest absolute Gasteiger partial charge is 2.00 e. The van der Waals surface area contributed by atoms with Gasteiger partial charge < -0.3 is 0 Å². The van der Waals surface area contributed by atoms with Crippen LogP contribution in [0.2, 0.25) is 0 Å². The van der Waals surface area contributed by atoms with E-state index >= 15 is 0 Å². The van der Waals surface area contributed by atoms with Gasteiger partial charge in [0.25, 0.3) is 0 Å². The van der Waals surface area contributed by atoms with Crippen molar-refractivity contribution in [1.29, 1.82) is 0 Å². The molecular formula is C60H123NZn+2. The van der Waals surface area contributed by atoms with E-state index in [0.29, 0.717) is 0 Å². The predicted molar refractivity (Wildman–Crippen MR) is 283 cm³/mol. The fraction of sp³-hybridized carbons (Fsp3) is 1.00. The summed E-state index contributed by atoms with van der Waals surface area (Å²) >= 11 is 0. The Morgan fingerprint density at radius 3 is 0.435 bits per heavy atom. The van der Waals surface area contributed by atoms with Crippen LogP contribution in [0.1, 0.15) is 369 Å². The average molecular weight is 924 g/mol. The molecule has 0 fully saturated rings. The van der Waals surface area contributed by atoms with Crippen molar-refractivity contribution in [3.63, 3.8) is 0 Å². The third kappa shape index (κ3) is 44.4. The molecule has 0 aromatic carbocycles. The Morgan fingerprint density at radius 1 is 0.177 bits per heavy atom. The second-order valence-electron chi connectivity index (χ2n) is 20.9. The van der Waals surface area contributed by atoms with E-state index < -0.39 is 0 Å². The van der Waals surface area contributed by atoms with Crippen molar-refractivity contribution in [2.45, 2.75) is 387 Å². The maximum absolute atomic E-state index is 3.38. The molecule has 0 N–H and O–H groups in total. The predicted octanol–water partition coefficient (Wildman–Crippen LogP) is 22.4. The molecule has 2 heteroatoms. The Morgan fingerprint density at radius 2 is 0.290 bits per heavy atom. The van der Waals surface area contributed by atoms with E-state index in [0.717, 1.165) is 18.1 Å². The van der Waals surface area contributed by atoms with Gasteiger partial charge in [-0.05, 0) is 38.5 Å². The van der Waals surface area contributed by atoms with Crippen molar-refractivity contribution in [3.05, 3.63) is 0 Å². The van der Waals surface area contributed by atoms with Crippen LogP contribution in [-0.2, 0) is 19.5 Å². The molecule has 0 aromatic heterocycles. The van der Waals surface area contributed by atoms with E-state index in [4.69, 9.17) is 0 Å². The molecule has 368 valence electrons. The maximum Gasteiger partial charge on any atom is 2.00 e. The molecule has 0 rings (SSSR count). The molecule has 0 bridgehead atoms. The summed E-state index contributed by atoms with van der Waals surface area (Å²) in [6.45, 7) is 14.3. The number of unbranched alkanes of at least 4 members (excludes halogenated alkanes) is 39. The van der Waals surface area contributed by atoms with Crippen LogP contribution < -0.4 is 0 Å². The molecule has 0 aromatic rings. The van der Waals surface area contributed by atoms with Crippen LogP contribution in [0.5, 0.6) is 0 Å². The van der Waals surface area contributed by atoms with E-state index in [1.807, 2.05) is 0 Å². The van der Waals surface area contributed by atoms with Crippen LogP contribution >= 0.6 is 0 Å². The molecule has 62 heavy (non-hydrogen) atoms. The molecule has 0 saturated carbocycles. The van der Waals surface area contributed by atoms with E-state index in [-0.39, 0.29) is 19.5 Å². The maximum atomic E-state index is 3.38. The van der Waals surface area contributed by atoms with E-state index in [1.54, 1.807) is 0 Å². The molecule has 0 heterocycles. The summed E-state index contributed by atoms with van der Waals surface area (Å²) in [5.41, 5.74) is 0. The van der Waals surface area contributed by atoms with Gasteiger partial charge in [-0.15, -0.1) is 0 Å². The zero-order chi connectivity index (χ0) is 44.4. The Bertz CT molecular complexity index is 668. The molecule has 0 spiro atoms. The molecule has 0 radical (unpaired) electrons. The third-order valence-corrected chi connectivity index (χ3v) is 14.9. The summed E-state index contributed by atoms with van der Waals surface area (Å²) in [6, 6.07) is 2.47. The number of hydrogen-bond acceptors (Lipinski definition) is 1. The first kappa shape index (κ1) is 64.7. The van der Waals surface area contributed by atoms with Gasteiger partial charge in [0, 0.05) is 18.1 Å². The molecule has 0 aliphatic carbocycles. The Labute approximate surface area is 409 Å². The van der Waals surface area contributed by atoms with Crippen molar-refractivity contribution in [2.24, 2.45) is 0 Å². The molecule has 3 unspecified atom stereocenters. The van der Waals surface area contributed by atoms with Crippen LogP contribution in [0.3, 0.4) is 0 Å². The summed E-state index contributed by atoms with van der Waals surface area (Å²) in [6.07, 6.45) is 74.4.